The Balaban J connectivity index is 0.00000128. The molecule has 1 aromatic heterocycles. The average Bonchev–Trinajstić information content (AvgIpc) is 2.57. The Morgan fingerprint density at radius 1 is 1.24 bits per heavy atom. The third-order valence-corrected chi connectivity index (χ3v) is 4.06. The van der Waals surface area contributed by atoms with Crippen LogP contribution in [0.1, 0.15) is 15.6 Å². The third-order valence-electron chi connectivity index (χ3n) is 2.92. The van der Waals surface area contributed by atoms with E-state index in [1.54, 1.807) is 0 Å². The molecule has 2 heterocycles. The van der Waals surface area contributed by atoms with Gasteiger partial charge >= 0.3 is 0 Å². The minimum Gasteiger partial charge on any atom is -0.314 e. The van der Waals surface area contributed by atoms with Crippen LogP contribution < -0.4 is 5.32 Å². The molecule has 6 heteroatoms. The Hall–Kier alpha value is 0.130. The molecular weight excluding hydrogens is 277 g/mol. The van der Waals surface area contributed by atoms with Gasteiger partial charge in [-0.05, 0) is 13.8 Å². The van der Waals surface area contributed by atoms with Crippen molar-refractivity contribution in [2.45, 2.75) is 20.3 Å². The molecule has 1 aromatic rings. The van der Waals surface area contributed by atoms with Crippen LogP contribution in [0, 0.1) is 13.8 Å². The van der Waals surface area contributed by atoms with Crippen LogP contribution in [-0.4, -0.2) is 42.6 Å². The lowest BCUT2D eigenvalue weighted by Gasteiger charge is -2.26. The Morgan fingerprint density at radius 2 is 1.88 bits per heavy atom. The molecule has 1 aliphatic heterocycles. The van der Waals surface area contributed by atoms with Crippen LogP contribution in [0.2, 0.25) is 0 Å². The standard InChI is InChI=1S/C11H19N3S.2ClH/c1-9-10(2)15-11(13-9)3-6-14-7-4-12-5-8-14;;/h12H,3-8H2,1-2H3;2*1H. The molecule has 0 aromatic carbocycles. The Morgan fingerprint density at radius 3 is 2.41 bits per heavy atom. The summed E-state index contributed by atoms with van der Waals surface area (Å²) in [6, 6.07) is 0. The van der Waals surface area contributed by atoms with E-state index in [4.69, 9.17) is 0 Å². The van der Waals surface area contributed by atoms with Gasteiger partial charge in [0.1, 0.15) is 0 Å². The first-order valence-corrected chi connectivity index (χ1v) is 6.43. The number of hydrogen-bond donors (Lipinski definition) is 1. The van der Waals surface area contributed by atoms with Crippen molar-refractivity contribution >= 4 is 36.2 Å². The summed E-state index contributed by atoms with van der Waals surface area (Å²) in [4.78, 5) is 8.45. The number of rotatable bonds is 3. The number of nitrogens with zero attached hydrogens (tertiary/aromatic N) is 2. The number of piperazine rings is 1. The number of nitrogens with one attached hydrogen (secondary N) is 1. The summed E-state index contributed by atoms with van der Waals surface area (Å²) in [6.07, 6.45) is 1.11. The number of hydrogen-bond acceptors (Lipinski definition) is 4. The Bertz CT molecular complexity index is 305. The lowest BCUT2D eigenvalue weighted by atomic mass is 10.3. The van der Waals surface area contributed by atoms with Gasteiger partial charge in [-0.2, -0.15) is 0 Å². The highest BCUT2D eigenvalue weighted by atomic mass is 35.5. The number of aromatic nitrogens is 1. The second-order valence-electron chi connectivity index (χ2n) is 4.09. The van der Waals surface area contributed by atoms with Crippen LogP contribution in [0.3, 0.4) is 0 Å². The molecule has 1 aliphatic rings. The van der Waals surface area contributed by atoms with Crippen molar-refractivity contribution in [3.05, 3.63) is 15.6 Å². The molecule has 1 fully saturated rings. The zero-order valence-corrected chi connectivity index (χ0v) is 12.8. The maximum absolute atomic E-state index is 4.57. The summed E-state index contributed by atoms with van der Waals surface area (Å²) in [6.45, 7) is 10.0. The summed E-state index contributed by atoms with van der Waals surface area (Å²) in [7, 11) is 0. The largest absolute Gasteiger partial charge is 0.314 e. The summed E-state index contributed by atoms with van der Waals surface area (Å²) >= 11 is 1.85. The molecule has 1 N–H and O–H groups in total. The van der Waals surface area contributed by atoms with E-state index in [9.17, 15) is 0 Å². The summed E-state index contributed by atoms with van der Waals surface area (Å²) in [5.74, 6) is 0. The molecule has 2 rings (SSSR count). The summed E-state index contributed by atoms with van der Waals surface area (Å²) < 4.78 is 0. The van der Waals surface area contributed by atoms with Crippen molar-refractivity contribution in [2.75, 3.05) is 32.7 Å². The Kier molecular flexibility index (Phi) is 8.33. The van der Waals surface area contributed by atoms with Crippen LogP contribution >= 0.6 is 36.2 Å². The number of aryl methyl sites for hydroxylation is 2. The van der Waals surface area contributed by atoms with Crippen molar-refractivity contribution in [1.29, 1.82) is 0 Å². The molecule has 100 valence electrons. The molecule has 0 bridgehead atoms. The van der Waals surface area contributed by atoms with E-state index >= 15 is 0 Å². The van der Waals surface area contributed by atoms with Crippen LogP contribution in [0.5, 0.6) is 0 Å². The monoisotopic (exact) mass is 297 g/mol. The normalized spacial score (nSPS) is 16.1. The molecule has 0 saturated carbocycles. The highest BCUT2D eigenvalue weighted by molar-refractivity contribution is 7.11. The van der Waals surface area contributed by atoms with Gasteiger partial charge in [-0.3, -0.25) is 0 Å². The molecule has 0 amide bonds. The molecular formula is C11H21Cl2N3S. The predicted molar refractivity (Wildman–Crippen MR) is 79.1 cm³/mol. The van der Waals surface area contributed by atoms with Gasteiger partial charge in [0, 0.05) is 44.0 Å². The summed E-state index contributed by atoms with van der Waals surface area (Å²) in [5.41, 5.74) is 1.20. The van der Waals surface area contributed by atoms with Crippen LogP contribution in [-0.2, 0) is 6.42 Å². The zero-order valence-electron chi connectivity index (χ0n) is 10.4. The van der Waals surface area contributed by atoms with E-state index < -0.39 is 0 Å². The van der Waals surface area contributed by atoms with Crippen molar-refractivity contribution in [3.63, 3.8) is 0 Å². The van der Waals surface area contributed by atoms with Crippen molar-refractivity contribution < 1.29 is 0 Å². The highest BCUT2D eigenvalue weighted by Crippen LogP contribution is 2.17. The van der Waals surface area contributed by atoms with E-state index in [1.165, 1.54) is 28.7 Å². The second-order valence-corrected chi connectivity index (χ2v) is 5.38. The Labute approximate surface area is 120 Å². The van der Waals surface area contributed by atoms with E-state index in [2.05, 4.69) is 29.0 Å². The quantitative estimate of drug-likeness (QED) is 0.926. The zero-order chi connectivity index (χ0) is 10.7. The fourth-order valence-corrected chi connectivity index (χ4v) is 2.76. The van der Waals surface area contributed by atoms with Crippen molar-refractivity contribution in [2.24, 2.45) is 0 Å². The van der Waals surface area contributed by atoms with Gasteiger partial charge in [-0.1, -0.05) is 0 Å². The minimum absolute atomic E-state index is 0. The van der Waals surface area contributed by atoms with E-state index in [0.717, 1.165) is 26.1 Å². The molecule has 0 radical (unpaired) electrons. The topological polar surface area (TPSA) is 28.2 Å². The predicted octanol–water partition coefficient (Wildman–Crippen LogP) is 2.05. The van der Waals surface area contributed by atoms with Gasteiger partial charge in [0.25, 0.3) is 0 Å². The molecule has 0 atom stereocenters. The third kappa shape index (κ3) is 5.10. The fraction of sp³-hybridized carbons (Fsp3) is 0.727. The van der Waals surface area contributed by atoms with Gasteiger partial charge in [-0.15, -0.1) is 36.2 Å². The smallest absolute Gasteiger partial charge is 0.0943 e. The van der Waals surface area contributed by atoms with E-state index in [1.807, 2.05) is 11.3 Å². The number of halogens is 2. The molecule has 17 heavy (non-hydrogen) atoms. The van der Waals surface area contributed by atoms with Crippen LogP contribution in [0.4, 0.5) is 0 Å². The first-order chi connectivity index (χ1) is 7.25. The fourth-order valence-electron chi connectivity index (χ4n) is 1.83. The maximum atomic E-state index is 4.57. The lowest BCUT2D eigenvalue weighted by Crippen LogP contribution is -2.44. The average molecular weight is 298 g/mol. The lowest BCUT2D eigenvalue weighted by molar-refractivity contribution is 0.244. The molecule has 1 saturated heterocycles. The van der Waals surface area contributed by atoms with Gasteiger partial charge in [0.2, 0.25) is 0 Å². The summed E-state index contributed by atoms with van der Waals surface area (Å²) in [5, 5.41) is 4.67. The van der Waals surface area contributed by atoms with E-state index in [0.29, 0.717) is 0 Å². The number of thiazole rings is 1. The van der Waals surface area contributed by atoms with Crippen LogP contribution in [0.25, 0.3) is 0 Å². The van der Waals surface area contributed by atoms with Gasteiger partial charge in [0.05, 0.1) is 10.7 Å². The molecule has 0 spiro atoms. The second kappa shape index (κ2) is 8.27. The first-order valence-electron chi connectivity index (χ1n) is 5.61. The van der Waals surface area contributed by atoms with E-state index in [-0.39, 0.29) is 24.8 Å². The van der Waals surface area contributed by atoms with Crippen molar-refractivity contribution in [3.8, 4) is 0 Å². The van der Waals surface area contributed by atoms with Gasteiger partial charge in [0.15, 0.2) is 0 Å². The minimum atomic E-state index is 0. The first kappa shape index (κ1) is 17.1. The van der Waals surface area contributed by atoms with Crippen LogP contribution in [0.15, 0.2) is 0 Å². The SMILES string of the molecule is Cc1nc(CCN2CCNCC2)sc1C.Cl.Cl. The molecule has 0 aliphatic carbocycles. The molecule has 3 nitrogen and oxygen atoms in total. The molecule has 0 unspecified atom stereocenters. The van der Waals surface area contributed by atoms with Gasteiger partial charge < -0.3 is 10.2 Å². The van der Waals surface area contributed by atoms with Crippen molar-refractivity contribution in [1.82, 2.24) is 15.2 Å². The maximum Gasteiger partial charge on any atom is 0.0943 e. The van der Waals surface area contributed by atoms with Gasteiger partial charge in [-0.25, -0.2) is 4.98 Å². The highest BCUT2D eigenvalue weighted by Gasteiger charge is 2.10.